The number of rotatable bonds is 4. The van der Waals surface area contributed by atoms with Gasteiger partial charge in [-0.15, -0.1) is 5.10 Å². The van der Waals surface area contributed by atoms with Crippen LogP contribution < -0.4 is 10.7 Å². The van der Waals surface area contributed by atoms with Gasteiger partial charge in [-0.1, -0.05) is 54.6 Å². The van der Waals surface area contributed by atoms with Gasteiger partial charge in [-0.25, -0.2) is 9.97 Å². The lowest BCUT2D eigenvalue weighted by molar-refractivity contribution is -0.140. The van der Waals surface area contributed by atoms with Crippen molar-refractivity contribution in [3.05, 3.63) is 78.5 Å². The van der Waals surface area contributed by atoms with Gasteiger partial charge in [-0.3, -0.25) is 5.43 Å². The van der Waals surface area contributed by atoms with Crippen LogP contribution in [0.5, 0.6) is 0 Å². The summed E-state index contributed by atoms with van der Waals surface area (Å²) < 4.78 is 41.5. The molecular formula is C23H17F3N6. The minimum atomic E-state index is -4.62. The van der Waals surface area contributed by atoms with Crippen LogP contribution in [0.1, 0.15) is 5.69 Å². The van der Waals surface area contributed by atoms with Gasteiger partial charge in [0.05, 0.1) is 16.9 Å². The molecule has 0 aliphatic rings. The van der Waals surface area contributed by atoms with E-state index in [0.29, 0.717) is 28.4 Å². The number of hydrogen-bond acceptors (Lipinski definition) is 5. The van der Waals surface area contributed by atoms with E-state index in [0.717, 1.165) is 5.39 Å². The average molecular weight is 434 g/mol. The van der Waals surface area contributed by atoms with Crippen LogP contribution in [0.4, 0.5) is 24.8 Å². The molecule has 2 N–H and O–H groups in total. The van der Waals surface area contributed by atoms with Crippen molar-refractivity contribution in [2.45, 2.75) is 6.18 Å². The molecule has 6 nitrogen and oxygen atoms in total. The Morgan fingerprint density at radius 3 is 2.28 bits per heavy atom. The number of aromatic nitrogens is 4. The van der Waals surface area contributed by atoms with E-state index in [4.69, 9.17) is 0 Å². The van der Waals surface area contributed by atoms with Gasteiger partial charge < -0.3 is 5.32 Å². The maximum atomic E-state index is 13.8. The lowest BCUT2D eigenvalue weighted by Gasteiger charge is -2.12. The Morgan fingerprint density at radius 2 is 1.53 bits per heavy atom. The van der Waals surface area contributed by atoms with Gasteiger partial charge >= 0.3 is 6.18 Å². The summed E-state index contributed by atoms with van der Waals surface area (Å²) in [5.41, 5.74) is 4.57. The van der Waals surface area contributed by atoms with E-state index in [1.54, 1.807) is 43.4 Å². The molecule has 0 bridgehead atoms. The van der Waals surface area contributed by atoms with E-state index in [-0.39, 0.29) is 10.9 Å². The number of halogens is 3. The number of para-hydroxylation sites is 3. The summed E-state index contributed by atoms with van der Waals surface area (Å²) in [6, 6.07) is 21.0. The monoisotopic (exact) mass is 434 g/mol. The van der Waals surface area contributed by atoms with E-state index < -0.39 is 11.9 Å². The molecule has 0 aliphatic carbocycles. The van der Waals surface area contributed by atoms with Crippen molar-refractivity contribution in [1.82, 2.24) is 19.9 Å². The van der Waals surface area contributed by atoms with Crippen LogP contribution in [0.25, 0.3) is 33.1 Å². The molecule has 160 valence electrons. The number of nitrogens with zero attached hydrogens (tertiary/aromatic N) is 4. The first-order valence-corrected chi connectivity index (χ1v) is 9.81. The minimum Gasteiger partial charge on any atom is -0.357 e. The summed E-state index contributed by atoms with van der Waals surface area (Å²) in [6.07, 6.45) is -4.62. The van der Waals surface area contributed by atoms with Crippen molar-refractivity contribution in [3.8, 4) is 11.3 Å². The zero-order valence-electron chi connectivity index (χ0n) is 16.9. The summed E-state index contributed by atoms with van der Waals surface area (Å²) in [7, 11) is 1.69. The first-order chi connectivity index (χ1) is 15.5. The van der Waals surface area contributed by atoms with Crippen LogP contribution in [0.3, 0.4) is 0 Å². The van der Waals surface area contributed by atoms with Gasteiger partial charge in [-0.2, -0.15) is 18.0 Å². The molecule has 0 spiro atoms. The van der Waals surface area contributed by atoms with Crippen molar-refractivity contribution in [2.24, 2.45) is 0 Å². The molecule has 5 rings (SSSR count). The molecule has 0 saturated carbocycles. The Bertz CT molecular complexity index is 1430. The summed E-state index contributed by atoms with van der Waals surface area (Å²) in [6.45, 7) is 0. The highest BCUT2D eigenvalue weighted by Gasteiger charge is 2.37. The molecule has 0 radical (unpaired) electrons. The van der Waals surface area contributed by atoms with Crippen LogP contribution in [0.2, 0.25) is 0 Å². The number of nitrogens with one attached hydrogen (secondary N) is 2. The van der Waals surface area contributed by atoms with E-state index >= 15 is 0 Å². The fourth-order valence-electron chi connectivity index (χ4n) is 3.68. The average Bonchev–Trinajstić information content (AvgIpc) is 3.18. The predicted octanol–water partition coefficient (Wildman–Crippen LogP) is 5.58. The fraction of sp³-hybridized carbons (Fsp3) is 0.0870. The van der Waals surface area contributed by atoms with Gasteiger partial charge in [0.1, 0.15) is 5.52 Å². The quantitative estimate of drug-likeness (QED) is 0.386. The second kappa shape index (κ2) is 7.52. The Morgan fingerprint density at radius 1 is 0.812 bits per heavy atom. The smallest absolute Gasteiger partial charge is 0.357 e. The van der Waals surface area contributed by atoms with Gasteiger partial charge in [0.2, 0.25) is 5.95 Å². The van der Waals surface area contributed by atoms with Gasteiger partial charge in [0.25, 0.3) is 0 Å². The summed E-state index contributed by atoms with van der Waals surface area (Å²) in [5.74, 6) is 0.369. The molecule has 5 aromatic rings. The lowest BCUT2D eigenvalue weighted by Crippen LogP contribution is -2.13. The van der Waals surface area contributed by atoms with E-state index in [1.807, 2.05) is 30.3 Å². The fourth-order valence-corrected chi connectivity index (χ4v) is 3.68. The Labute approximate surface area is 180 Å². The van der Waals surface area contributed by atoms with Crippen molar-refractivity contribution in [3.63, 3.8) is 0 Å². The number of fused-ring (bicyclic) bond motifs is 2. The molecule has 0 fully saturated rings. The lowest BCUT2D eigenvalue weighted by atomic mass is 10.0. The molecule has 9 heteroatoms. The van der Waals surface area contributed by atoms with Gasteiger partial charge in [0.15, 0.2) is 5.69 Å². The number of alkyl halides is 3. The molecule has 0 saturated heterocycles. The van der Waals surface area contributed by atoms with E-state index in [2.05, 4.69) is 25.8 Å². The van der Waals surface area contributed by atoms with Crippen LogP contribution in [-0.2, 0) is 6.18 Å². The number of anilines is 2. The minimum absolute atomic E-state index is 0.0212. The molecule has 2 heterocycles. The molecule has 2 aromatic heterocycles. The highest BCUT2D eigenvalue weighted by atomic mass is 19.4. The van der Waals surface area contributed by atoms with Crippen molar-refractivity contribution in [1.29, 1.82) is 0 Å². The third-order valence-electron chi connectivity index (χ3n) is 5.06. The second-order valence-corrected chi connectivity index (χ2v) is 7.10. The summed E-state index contributed by atoms with van der Waals surface area (Å²) >= 11 is 0. The normalized spacial score (nSPS) is 11.8. The maximum Gasteiger partial charge on any atom is 0.435 e. The van der Waals surface area contributed by atoms with Crippen LogP contribution in [0, 0.1) is 0 Å². The highest BCUT2D eigenvalue weighted by molar-refractivity contribution is 6.03. The zero-order valence-corrected chi connectivity index (χ0v) is 16.9. The number of benzene rings is 3. The molecular weight excluding hydrogens is 417 g/mol. The van der Waals surface area contributed by atoms with E-state index in [9.17, 15) is 13.2 Å². The molecule has 3 aromatic carbocycles. The molecule has 0 aliphatic heterocycles. The molecule has 0 atom stereocenters. The second-order valence-electron chi connectivity index (χ2n) is 7.10. The molecule has 0 amide bonds. The van der Waals surface area contributed by atoms with Gasteiger partial charge in [0, 0.05) is 23.4 Å². The number of hydrogen-bond donors (Lipinski definition) is 2. The highest BCUT2D eigenvalue weighted by Crippen LogP contribution is 2.39. The standard InChI is InChI=1S/C23H17F3N6/c1-27-22-28-18-13-6-5-10-15(18)19(29-22)16-11-7-12-17-20(16)32(31-21(17)23(24,25)26)30-14-8-3-2-4-9-14/h2-13,30H,1H3,(H,27,28,29). The third kappa shape index (κ3) is 3.37. The Hall–Kier alpha value is -4.14. The van der Waals surface area contributed by atoms with Crippen LogP contribution in [0.15, 0.2) is 72.8 Å². The van der Waals surface area contributed by atoms with Gasteiger partial charge in [-0.05, 0) is 18.2 Å². The van der Waals surface area contributed by atoms with Crippen molar-refractivity contribution >= 4 is 33.4 Å². The molecule has 32 heavy (non-hydrogen) atoms. The topological polar surface area (TPSA) is 67.7 Å². The van der Waals surface area contributed by atoms with Crippen LogP contribution >= 0.6 is 0 Å². The largest absolute Gasteiger partial charge is 0.435 e. The first-order valence-electron chi connectivity index (χ1n) is 9.81. The Kier molecular flexibility index (Phi) is 4.66. The zero-order chi connectivity index (χ0) is 22.3. The van der Waals surface area contributed by atoms with Crippen molar-refractivity contribution < 1.29 is 13.2 Å². The first kappa shape index (κ1) is 19.8. The predicted molar refractivity (Wildman–Crippen MR) is 118 cm³/mol. The Balaban J connectivity index is 1.84. The summed E-state index contributed by atoms with van der Waals surface area (Å²) in [4.78, 5) is 10.2. The van der Waals surface area contributed by atoms with Crippen LogP contribution in [-0.4, -0.2) is 26.9 Å². The molecule has 0 unspecified atom stereocenters. The SMILES string of the molecule is CNc1nc(-c2cccc3c(C(F)(F)F)nn(Nc4ccccc4)c23)c2ccccc2n1. The summed E-state index contributed by atoms with van der Waals surface area (Å²) in [5, 5.41) is 7.51. The third-order valence-corrected chi connectivity index (χ3v) is 5.06. The van der Waals surface area contributed by atoms with Crippen molar-refractivity contribution in [2.75, 3.05) is 17.8 Å². The maximum absolute atomic E-state index is 13.8. The van der Waals surface area contributed by atoms with E-state index in [1.165, 1.54) is 10.9 Å².